The van der Waals surface area contributed by atoms with E-state index in [-0.39, 0.29) is 18.0 Å². The number of hydrogen-bond donors (Lipinski definition) is 0. The fourth-order valence-electron chi connectivity index (χ4n) is 4.06. The van der Waals surface area contributed by atoms with E-state index in [0.29, 0.717) is 38.2 Å². The van der Waals surface area contributed by atoms with Crippen molar-refractivity contribution in [1.82, 2.24) is 9.80 Å². The standard InChI is InChI=1S/C25H26N2O4/c1-30-25(29)26-15-16-27(20(18-26)14-17-31-21-10-3-2-4-11-21)24(28)23-13-7-9-19-8-5-6-12-22(19)23/h2-13,20H,14-18H2,1H3/t20-/m0/s1. The Labute approximate surface area is 182 Å². The van der Waals surface area contributed by atoms with Crippen LogP contribution in [-0.2, 0) is 4.74 Å². The lowest BCUT2D eigenvalue weighted by Gasteiger charge is -2.41. The Morgan fingerprint density at radius 3 is 2.48 bits per heavy atom. The maximum Gasteiger partial charge on any atom is 0.409 e. The summed E-state index contributed by atoms with van der Waals surface area (Å²) in [5.74, 6) is 0.765. The van der Waals surface area contributed by atoms with E-state index >= 15 is 0 Å². The minimum absolute atomic E-state index is 0.0222. The average molecular weight is 418 g/mol. The van der Waals surface area contributed by atoms with Gasteiger partial charge in [-0.15, -0.1) is 0 Å². The smallest absolute Gasteiger partial charge is 0.409 e. The maximum absolute atomic E-state index is 13.6. The molecule has 0 bridgehead atoms. The molecule has 0 radical (unpaired) electrons. The number of fused-ring (bicyclic) bond motifs is 1. The minimum atomic E-state index is -0.369. The van der Waals surface area contributed by atoms with Crippen LogP contribution in [-0.4, -0.2) is 61.2 Å². The van der Waals surface area contributed by atoms with Crippen LogP contribution < -0.4 is 4.74 Å². The van der Waals surface area contributed by atoms with Gasteiger partial charge in [0.2, 0.25) is 0 Å². The Morgan fingerprint density at radius 1 is 0.935 bits per heavy atom. The first-order chi connectivity index (χ1) is 15.2. The fourth-order valence-corrected chi connectivity index (χ4v) is 4.06. The number of ether oxygens (including phenoxy) is 2. The van der Waals surface area contributed by atoms with E-state index in [9.17, 15) is 9.59 Å². The van der Waals surface area contributed by atoms with Crippen molar-refractivity contribution in [2.24, 2.45) is 0 Å². The lowest BCUT2D eigenvalue weighted by Crippen LogP contribution is -2.57. The van der Waals surface area contributed by atoms with E-state index in [1.807, 2.05) is 77.7 Å². The van der Waals surface area contributed by atoms with Gasteiger partial charge in [-0.25, -0.2) is 4.79 Å². The second-order valence-corrected chi connectivity index (χ2v) is 7.55. The second-order valence-electron chi connectivity index (χ2n) is 7.55. The lowest BCUT2D eigenvalue weighted by molar-refractivity contribution is 0.0377. The first kappa shape index (κ1) is 20.7. The van der Waals surface area contributed by atoms with E-state index in [4.69, 9.17) is 9.47 Å². The summed E-state index contributed by atoms with van der Waals surface area (Å²) in [6.45, 7) is 1.76. The molecule has 4 rings (SSSR count). The van der Waals surface area contributed by atoms with Crippen molar-refractivity contribution in [2.45, 2.75) is 12.5 Å². The normalized spacial score (nSPS) is 16.2. The third-order valence-electron chi connectivity index (χ3n) is 5.66. The summed E-state index contributed by atoms with van der Waals surface area (Å²) in [5, 5.41) is 1.97. The van der Waals surface area contributed by atoms with Crippen molar-refractivity contribution in [1.29, 1.82) is 0 Å². The van der Waals surface area contributed by atoms with Crippen LogP contribution in [0.15, 0.2) is 72.8 Å². The molecule has 3 aromatic rings. The summed E-state index contributed by atoms with van der Waals surface area (Å²) in [7, 11) is 1.38. The van der Waals surface area contributed by atoms with E-state index in [0.717, 1.165) is 16.5 Å². The van der Waals surface area contributed by atoms with Gasteiger partial charge in [-0.2, -0.15) is 0 Å². The molecule has 1 aliphatic rings. The molecule has 1 atom stereocenters. The molecule has 0 N–H and O–H groups in total. The largest absolute Gasteiger partial charge is 0.494 e. The molecule has 3 aromatic carbocycles. The van der Waals surface area contributed by atoms with E-state index < -0.39 is 0 Å². The highest BCUT2D eigenvalue weighted by molar-refractivity contribution is 6.07. The monoisotopic (exact) mass is 418 g/mol. The highest BCUT2D eigenvalue weighted by Gasteiger charge is 2.33. The Bertz CT molecular complexity index is 1050. The molecule has 2 amide bonds. The third kappa shape index (κ3) is 4.63. The number of hydrogen-bond acceptors (Lipinski definition) is 4. The third-order valence-corrected chi connectivity index (χ3v) is 5.66. The number of piperazine rings is 1. The summed E-state index contributed by atoms with van der Waals surface area (Å²) in [4.78, 5) is 29.2. The molecule has 1 aliphatic heterocycles. The van der Waals surface area contributed by atoms with Gasteiger partial charge in [-0.05, 0) is 29.0 Å². The number of para-hydroxylation sites is 1. The molecule has 1 heterocycles. The van der Waals surface area contributed by atoms with Gasteiger partial charge in [0.05, 0.1) is 19.8 Å². The van der Waals surface area contributed by atoms with Crippen molar-refractivity contribution in [3.8, 4) is 5.75 Å². The molecular weight excluding hydrogens is 392 g/mol. The summed E-state index contributed by atoms with van der Waals surface area (Å²) in [6.07, 6.45) is 0.241. The topological polar surface area (TPSA) is 59.1 Å². The zero-order valence-electron chi connectivity index (χ0n) is 17.6. The molecule has 0 unspecified atom stereocenters. The van der Waals surface area contributed by atoms with Crippen molar-refractivity contribution in [2.75, 3.05) is 33.4 Å². The molecule has 1 fully saturated rings. The minimum Gasteiger partial charge on any atom is -0.494 e. The molecule has 1 saturated heterocycles. The predicted octanol–water partition coefficient (Wildman–Crippen LogP) is 4.20. The van der Waals surface area contributed by atoms with Gasteiger partial charge in [-0.3, -0.25) is 4.79 Å². The first-order valence-electron chi connectivity index (χ1n) is 10.5. The maximum atomic E-state index is 13.6. The second kappa shape index (κ2) is 9.51. The van der Waals surface area contributed by atoms with Crippen LogP contribution in [0.3, 0.4) is 0 Å². The summed E-state index contributed by atoms with van der Waals surface area (Å²) < 4.78 is 10.8. The number of carbonyl (C=O) groups is 2. The molecule has 0 aromatic heterocycles. The number of carbonyl (C=O) groups excluding carboxylic acids is 2. The summed E-state index contributed by atoms with van der Waals surface area (Å²) >= 11 is 0. The van der Waals surface area contributed by atoms with Crippen LogP contribution in [0.5, 0.6) is 5.75 Å². The van der Waals surface area contributed by atoms with Crippen LogP contribution in [0.25, 0.3) is 10.8 Å². The van der Waals surface area contributed by atoms with E-state index in [1.54, 1.807) is 4.90 Å². The highest BCUT2D eigenvalue weighted by atomic mass is 16.5. The van der Waals surface area contributed by atoms with Crippen molar-refractivity contribution in [3.63, 3.8) is 0 Å². The van der Waals surface area contributed by atoms with Crippen LogP contribution in [0.1, 0.15) is 16.8 Å². The van der Waals surface area contributed by atoms with Gasteiger partial charge in [0.1, 0.15) is 5.75 Å². The van der Waals surface area contributed by atoms with Gasteiger partial charge < -0.3 is 19.3 Å². The Morgan fingerprint density at radius 2 is 1.68 bits per heavy atom. The average Bonchev–Trinajstić information content (AvgIpc) is 2.83. The predicted molar refractivity (Wildman–Crippen MR) is 119 cm³/mol. The van der Waals surface area contributed by atoms with Crippen molar-refractivity contribution in [3.05, 3.63) is 78.4 Å². The van der Waals surface area contributed by atoms with Crippen LogP contribution >= 0.6 is 0 Å². The number of rotatable bonds is 5. The Kier molecular flexibility index (Phi) is 6.36. The first-order valence-corrected chi connectivity index (χ1v) is 10.5. The molecule has 160 valence electrons. The Balaban J connectivity index is 1.54. The van der Waals surface area contributed by atoms with Crippen LogP contribution in [0.2, 0.25) is 0 Å². The van der Waals surface area contributed by atoms with E-state index in [2.05, 4.69) is 0 Å². The fraction of sp³-hybridized carbons (Fsp3) is 0.280. The molecule has 0 spiro atoms. The van der Waals surface area contributed by atoms with Gasteiger partial charge in [0.25, 0.3) is 5.91 Å². The SMILES string of the molecule is COC(=O)N1CCN(C(=O)c2cccc3ccccc23)[C@@H](CCOc2ccccc2)C1. The number of methoxy groups -OCH3 is 1. The highest BCUT2D eigenvalue weighted by Crippen LogP contribution is 2.23. The molecular formula is C25H26N2O4. The molecule has 31 heavy (non-hydrogen) atoms. The quantitative estimate of drug-likeness (QED) is 0.623. The molecule has 0 aliphatic carbocycles. The van der Waals surface area contributed by atoms with Gasteiger partial charge in [0.15, 0.2) is 0 Å². The molecule has 0 saturated carbocycles. The van der Waals surface area contributed by atoms with Gasteiger partial charge in [0, 0.05) is 31.6 Å². The van der Waals surface area contributed by atoms with Crippen LogP contribution in [0, 0.1) is 0 Å². The summed E-state index contributed by atoms with van der Waals surface area (Å²) in [5.41, 5.74) is 0.679. The van der Waals surface area contributed by atoms with Crippen LogP contribution in [0.4, 0.5) is 4.79 Å². The Hall–Kier alpha value is -3.54. The number of nitrogens with zero attached hydrogens (tertiary/aromatic N) is 2. The zero-order chi connectivity index (χ0) is 21.6. The molecule has 6 nitrogen and oxygen atoms in total. The summed E-state index contributed by atoms with van der Waals surface area (Å²) in [6, 6.07) is 23.1. The number of amides is 2. The van der Waals surface area contributed by atoms with Gasteiger partial charge >= 0.3 is 6.09 Å². The van der Waals surface area contributed by atoms with E-state index in [1.165, 1.54) is 7.11 Å². The van der Waals surface area contributed by atoms with Gasteiger partial charge in [-0.1, -0.05) is 54.6 Å². The van der Waals surface area contributed by atoms with Crippen molar-refractivity contribution >= 4 is 22.8 Å². The lowest BCUT2D eigenvalue weighted by atomic mass is 10.0. The number of benzene rings is 3. The van der Waals surface area contributed by atoms with Crippen molar-refractivity contribution < 1.29 is 19.1 Å². The zero-order valence-corrected chi connectivity index (χ0v) is 17.6. The molecule has 6 heteroatoms.